The topological polar surface area (TPSA) is 197 Å². The van der Waals surface area contributed by atoms with Gasteiger partial charge >= 0.3 is 5.97 Å². The lowest BCUT2D eigenvalue weighted by Gasteiger charge is -2.26. The number of likely N-dealkylation sites (tertiary alicyclic amines) is 1. The van der Waals surface area contributed by atoms with Crippen molar-refractivity contribution in [2.24, 2.45) is 11.5 Å². The van der Waals surface area contributed by atoms with E-state index in [0.29, 0.717) is 44.5 Å². The second-order valence-corrected chi connectivity index (χ2v) is 7.53. The van der Waals surface area contributed by atoms with E-state index < -0.39 is 41.8 Å². The van der Waals surface area contributed by atoms with Crippen LogP contribution in [-0.4, -0.2) is 81.4 Å². The highest BCUT2D eigenvalue weighted by Gasteiger charge is 2.35. The first kappa shape index (κ1) is 24.3. The number of unbranched alkanes of at least 4 members (excludes halogenated alkanes) is 1. The highest BCUT2D eigenvalue weighted by atomic mass is 16.4. The molecule has 172 valence electrons. The average molecular weight is 438 g/mol. The summed E-state index contributed by atoms with van der Waals surface area (Å²) in [5.74, 6) is -2.54. The standard InChI is InChI=1S/C19H31N7O5/c20-6-2-1-4-14(19(30)31)25-18(29)15-5-3-7-26(15)16(27)10-23-17(28)13(21)8-12-9-22-11-24-12/h9,11,13-15H,1-8,10,20-21H2,(H,22,24)(H,23,28)(H,25,29)(H,30,31). The molecule has 31 heavy (non-hydrogen) atoms. The zero-order chi connectivity index (χ0) is 22.8. The summed E-state index contributed by atoms with van der Waals surface area (Å²) < 4.78 is 0. The molecule has 1 aliphatic heterocycles. The molecule has 0 spiro atoms. The van der Waals surface area contributed by atoms with E-state index in [1.54, 1.807) is 6.20 Å². The summed E-state index contributed by atoms with van der Waals surface area (Å²) in [5.41, 5.74) is 12.0. The van der Waals surface area contributed by atoms with Crippen LogP contribution in [0, 0.1) is 0 Å². The Balaban J connectivity index is 1.85. The van der Waals surface area contributed by atoms with E-state index in [1.807, 2.05) is 0 Å². The average Bonchev–Trinajstić information content (AvgIpc) is 3.42. The number of aromatic amines is 1. The second-order valence-electron chi connectivity index (χ2n) is 7.53. The summed E-state index contributed by atoms with van der Waals surface area (Å²) in [6, 6.07) is -2.65. The van der Waals surface area contributed by atoms with E-state index in [-0.39, 0.29) is 19.4 Å². The number of hydrogen-bond acceptors (Lipinski definition) is 7. The van der Waals surface area contributed by atoms with Gasteiger partial charge in [0.1, 0.15) is 12.1 Å². The van der Waals surface area contributed by atoms with Gasteiger partial charge in [-0.3, -0.25) is 14.4 Å². The molecule has 1 aromatic rings. The van der Waals surface area contributed by atoms with E-state index in [2.05, 4.69) is 20.6 Å². The van der Waals surface area contributed by atoms with Gasteiger partial charge in [0.25, 0.3) is 0 Å². The molecule has 12 nitrogen and oxygen atoms in total. The Hall–Kier alpha value is -2.99. The van der Waals surface area contributed by atoms with Crippen molar-refractivity contribution >= 4 is 23.7 Å². The van der Waals surface area contributed by atoms with Gasteiger partial charge in [0.05, 0.1) is 18.9 Å². The molecule has 3 unspecified atom stereocenters. The van der Waals surface area contributed by atoms with Crippen molar-refractivity contribution in [3.8, 4) is 0 Å². The number of aromatic nitrogens is 2. The lowest BCUT2D eigenvalue weighted by Crippen LogP contribution is -2.53. The molecule has 0 saturated carbocycles. The van der Waals surface area contributed by atoms with E-state index in [0.717, 1.165) is 0 Å². The fourth-order valence-corrected chi connectivity index (χ4v) is 3.48. The van der Waals surface area contributed by atoms with Crippen LogP contribution in [-0.2, 0) is 25.6 Å². The Kier molecular flexibility index (Phi) is 9.40. The fraction of sp³-hybridized carbons (Fsp3) is 0.632. The smallest absolute Gasteiger partial charge is 0.326 e. The van der Waals surface area contributed by atoms with Gasteiger partial charge in [-0.2, -0.15) is 0 Å². The molecule has 0 radical (unpaired) electrons. The van der Waals surface area contributed by atoms with Crippen molar-refractivity contribution in [3.63, 3.8) is 0 Å². The molecule has 0 bridgehead atoms. The Morgan fingerprint density at radius 1 is 1.32 bits per heavy atom. The largest absolute Gasteiger partial charge is 0.480 e. The monoisotopic (exact) mass is 437 g/mol. The maximum Gasteiger partial charge on any atom is 0.326 e. The number of nitrogens with two attached hydrogens (primary N) is 2. The van der Waals surface area contributed by atoms with Crippen LogP contribution < -0.4 is 22.1 Å². The number of H-pyrrole nitrogens is 1. The number of nitrogens with one attached hydrogen (secondary N) is 3. The fourth-order valence-electron chi connectivity index (χ4n) is 3.48. The zero-order valence-corrected chi connectivity index (χ0v) is 17.4. The highest BCUT2D eigenvalue weighted by Crippen LogP contribution is 2.18. The van der Waals surface area contributed by atoms with Crippen LogP contribution in [0.2, 0.25) is 0 Å². The molecule has 0 aliphatic carbocycles. The predicted molar refractivity (Wildman–Crippen MR) is 110 cm³/mol. The highest BCUT2D eigenvalue weighted by molar-refractivity contribution is 5.93. The Labute approximate surface area is 180 Å². The van der Waals surface area contributed by atoms with E-state index in [1.165, 1.54) is 11.2 Å². The lowest BCUT2D eigenvalue weighted by atomic mass is 10.1. The van der Waals surface area contributed by atoms with E-state index in [4.69, 9.17) is 11.5 Å². The quantitative estimate of drug-likeness (QED) is 0.203. The molecule has 3 atom stereocenters. The van der Waals surface area contributed by atoms with Crippen LogP contribution in [0.5, 0.6) is 0 Å². The summed E-state index contributed by atoms with van der Waals surface area (Å²) in [4.78, 5) is 56.9. The minimum Gasteiger partial charge on any atom is -0.480 e. The first-order chi connectivity index (χ1) is 14.8. The third-order valence-corrected chi connectivity index (χ3v) is 5.18. The summed E-state index contributed by atoms with van der Waals surface area (Å²) >= 11 is 0. The molecule has 2 heterocycles. The first-order valence-corrected chi connectivity index (χ1v) is 10.4. The zero-order valence-electron chi connectivity index (χ0n) is 17.4. The van der Waals surface area contributed by atoms with Gasteiger partial charge < -0.3 is 37.1 Å². The van der Waals surface area contributed by atoms with Gasteiger partial charge in [-0.25, -0.2) is 9.78 Å². The number of hydrogen-bond donors (Lipinski definition) is 6. The number of carbonyl (C=O) groups is 4. The molecule has 0 aromatic carbocycles. The summed E-state index contributed by atoms with van der Waals surface area (Å²) in [5, 5.41) is 14.4. The first-order valence-electron chi connectivity index (χ1n) is 10.4. The molecule has 3 amide bonds. The number of nitrogens with zero attached hydrogens (tertiary/aromatic N) is 2. The predicted octanol–water partition coefficient (Wildman–Crippen LogP) is -1.91. The molecular weight excluding hydrogens is 406 g/mol. The number of rotatable bonds is 12. The van der Waals surface area contributed by atoms with Crippen LogP contribution in [0.1, 0.15) is 37.8 Å². The van der Waals surface area contributed by atoms with Crippen LogP contribution in [0.15, 0.2) is 12.5 Å². The minimum absolute atomic E-state index is 0.246. The summed E-state index contributed by atoms with van der Waals surface area (Å²) in [6.07, 6.45) is 5.84. The number of carbonyl (C=O) groups excluding carboxylic acids is 3. The Bertz CT molecular complexity index is 755. The minimum atomic E-state index is -1.13. The molecule has 12 heteroatoms. The maximum absolute atomic E-state index is 12.6. The van der Waals surface area contributed by atoms with E-state index >= 15 is 0 Å². The maximum atomic E-state index is 12.6. The van der Waals surface area contributed by atoms with Gasteiger partial charge in [0.2, 0.25) is 17.7 Å². The molecule has 1 aliphatic rings. The third-order valence-electron chi connectivity index (χ3n) is 5.18. The van der Waals surface area contributed by atoms with Crippen molar-refractivity contribution < 1.29 is 24.3 Å². The SMILES string of the molecule is NCCCCC(NC(=O)C1CCCN1C(=O)CNC(=O)C(N)Cc1cnc[nH]1)C(=O)O. The van der Waals surface area contributed by atoms with Gasteiger partial charge in [0, 0.05) is 24.9 Å². The van der Waals surface area contributed by atoms with Crippen molar-refractivity contribution in [3.05, 3.63) is 18.2 Å². The van der Waals surface area contributed by atoms with Crippen molar-refractivity contribution in [1.82, 2.24) is 25.5 Å². The summed E-state index contributed by atoms with van der Waals surface area (Å²) in [6.45, 7) is 0.512. The Morgan fingerprint density at radius 3 is 2.74 bits per heavy atom. The number of aliphatic carboxylic acids is 1. The molecular formula is C19H31N7O5. The molecule has 2 rings (SSSR count). The van der Waals surface area contributed by atoms with Gasteiger partial charge in [-0.05, 0) is 38.6 Å². The number of carboxylic acids is 1. The van der Waals surface area contributed by atoms with Gasteiger partial charge in [-0.15, -0.1) is 0 Å². The number of amides is 3. The van der Waals surface area contributed by atoms with Crippen LogP contribution in [0.4, 0.5) is 0 Å². The van der Waals surface area contributed by atoms with Crippen molar-refractivity contribution in [2.75, 3.05) is 19.6 Å². The lowest BCUT2D eigenvalue weighted by molar-refractivity contribution is -0.144. The molecule has 1 fully saturated rings. The van der Waals surface area contributed by atoms with Crippen molar-refractivity contribution in [2.45, 2.75) is 56.7 Å². The van der Waals surface area contributed by atoms with Crippen LogP contribution in [0.25, 0.3) is 0 Å². The molecule has 1 aromatic heterocycles. The van der Waals surface area contributed by atoms with Crippen LogP contribution >= 0.6 is 0 Å². The van der Waals surface area contributed by atoms with E-state index in [9.17, 15) is 24.3 Å². The normalized spacial score (nSPS) is 17.7. The van der Waals surface area contributed by atoms with Crippen LogP contribution in [0.3, 0.4) is 0 Å². The van der Waals surface area contributed by atoms with Gasteiger partial charge in [0.15, 0.2) is 0 Å². The second kappa shape index (κ2) is 12.0. The number of imidazole rings is 1. The number of carboxylic acid groups (broad SMARTS) is 1. The Morgan fingerprint density at radius 2 is 2.10 bits per heavy atom. The molecule has 1 saturated heterocycles. The third kappa shape index (κ3) is 7.33. The summed E-state index contributed by atoms with van der Waals surface area (Å²) in [7, 11) is 0. The van der Waals surface area contributed by atoms with Gasteiger partial charge in [-0.1, -0.05) is 0 Å². The molecule has 8 N–H and O–H groups in total. The van der Waals surface area contributed by atoms with Crippen molar-refractivity contribution in [1.29, 1.82) is 0 Å².